The van der Waals surface area contributed by atoms with Crippen LogP contribution in [-0.4, -0.2) is 24.9 Å². The molecule has 0 saturated heterocycles. The molecule has 1 aromatic carbocycles. The summed E-state index contributed by atoms with van der Waals surface area (Å²) in [6, 6.07) is 9.77. The highest BCUT2D eigenvalue weighted by molar-refractivity contribution is 5.78. The average Bonchev–Trinajstić information content (AvgIpc) is 3.14. The topological polar surface area (TPSA) is 90.2 Å². The number of nitrogens with zero attached hydrogens (tertiary/aromatic N) is 2. The second-order valence-electron chi connectivity index (χ2n) is 5.68. The lowest BCUT2D eigenvalue weighted by Crippen LogP contribution is -2.07. The summed E-state index contributed by atoms with van der Waals surface area (Å²) in [4.78, 5) is 29.9. The zero-order valence-corrected chi connectivity index (χ0v) is 12.8. The molecular weight excluding hydrogens is 290 g/mol. The Kier molecular flexibility index (Phi) is 3.22. The maximum Gasteiger partial charge on any atom is 0.323 e. The Hall–Kier alpha value is -2.89. The molecule has 116 valence electrons. The Morgan fingerprint density at radius 3 is 2.78 bits per heavy atom. The van der Waals surface area contributed by atoms with Gasteiger partial charge in [-0.3, -0.25) is 4.98 Å². The number of benzene rings is 1. The van der Waals surface area contributed by atoms with E-state index in [9.17, 15) is 4.79 Å². The molecule has 0 radical (unpaired) electrons. The number of hydrogen-bond acceptors (Lipinski definition) is 3. The highest BCUT2D eigenvalue weighted by Gasteiger charge is 2.22. The summed E-state index contributed by atoms with van der Waals surface area (Å²) in [5.74, 6) is 0.901. The van der Waals surface area contributed by atoms with E-state index in [1.54, 1.807) is 12.3 Å². The minimum Gasteiger partial charge on any atom is -0.341 e. The minimum absolute atomic E-state index is 0.0162. The number of hydrogen-bond donors (Lipinski definition) is 3. The molecule has 1 unspecified atom stereocenters. The van der Waals surface area contributed by atoms with Gasteiger partial charge in [-0.05, 0) is 24.6 Å². The van der Waals surface area contributed by atoms with Crippen LogP contribution in [0.3, 0.4) is 0 Å². The Morgan fingerprint density at radius 1 is 1.09 bits per heavy atom. The van der Waals surface area contributed by atoms with Gasteiger partial charge in [-0.15, -0.1) is 0 Å². The van der Waals surface area contributed by atoms with Gasteiger partial charge < -0.3 is 15.0 Å². The fraction of sp³-hybridized carbons (Fsp3) is 0.235. The van der Waals surface area contributed by atoms with Gasteiger partial charge >= 0.3 is 5.69 Å². The molecule has 0 aliphatic rings. The minimum atomic E-state index is -0.214. The number of para-hydroxylation sites is 2. The molecule has 0 bridgehead atoms. The van der Waals surface area contributed by atoms with E-state index in [2.05, 4.69) is 26.9 Å². The van der Waals surface area contributed by atoms with Crippen LogP contribution in [0.4, 0.5) is 0 Å². The van der Waals surface area contributed by atoms with Crippen molar-refractivity contribution in [3.63, 3.8) is 0 Å². The first-order chi connectivity index (χ1) is 11.3. The van der Waals surface area contributed by atoms with Gasteiger partial charge in [0.2, 0.25) is 0 Å². The van der Waals surface area contributed by atoms with Crippen LogP contribution in [0.5, 0.6) is 0 Å². The molecular formula is C17H17N5O. The third kappa shape index (κ3) is 2.32. The molecule has 0 aliphatic heterocycles. The predicted molar refractivity (Wildman–Crippen MR) is 89.6 cm³/mol. The van der Waals surface area contributed by atoms with E-state index in [1.165, 1.54) is 0 Å². The molecule has 4 aromatic rings. The van der Waals surface area contributed by atoms with Crippen molar-refractivity contribution in [2.24, 2.45) is 0 Å². The van der Waals surface area contributed by atoms with Gasteiger partial charge in [-0.2, -0.15) is 0 Å². The van der Waals surface area contributed by atoms with E-state index in [0.717, 1.165) is 46.4 Å². The van der Waals surface area contributed by atoms with Crippen LogP contribution in [0.15, 0.2) is 41.3 Å². The van der Waals surface area contributed by atoms with E-state index in [0.29, 0.717) is 0 Å². The molecule has 6 heteroatoms. The van der Waals surface area contributed by atoms with Gasteiger partial charge in [0.25, 0.3) is 0 Å². The van der Waals surface area contributed by atoms with Crippen LogP contribution in [0.2, 0.25) is 0 Å². The molecule has 0 spiro atoms. The van der Waals surface area contributed by atoms with Crippen LogP contribution < -0.4 is 5.69 Å². The summed E-state index contributed by atoms with van der Waals surface area (Å²) in [7, 11) is 0. The lowest BCUT2D eigenvalue weighted by atomic mass is 9.97. The number of aromatic amines is 3. The largest absolute Gasteiger partial charge is 0.341 e. The number of imidazole rings is 2. The number of H-pyrrole nitrogens is 3. The quantitative estimate of drug-likeness (QED) is 0.541. The fourth-order valence-electron chi connectivity index (χ4n) is 3.07. The molecule has 0 aliphatic carbocycles. The fourth-order valence-corrected chi connectivity index (χ4v) is 3.07. The standard InChI is InChI=1S/C17H17N5O/c1-2-5-10(16-19-11-6-3-4-7-12(11)20-16)14-15-13(8-9-18-14)21-17(23)22-15/h3-4,6-10H,2,5H2,1H3,(H,19,20)(H2,21,22,23). The first-order valence-electron chi connectivity index (χ1n) is 7.78. The van der Waals surface area contributed by atoms with Gasteiger partial charge in [-0.1, -0.05) is 25.5 Å². The van der Waals surface area contributed by atoms with Crippen molar-refractivity contribution in [3.05, 3.63) is 58.5 Å². The number of fused-ring (bicyclic) bond motifs is 2. The van der Waals surface area contributed by atoms with Gasteiger partial charge in [0.05, 0.1) is 33.7 Å². The summed E-state index contributed by atoms with van der Waals surface area (Å²) in [6.45, 7) is 2.13. The second-order valence-corrected chi connectivity index (χ2v) is 5.68. The van der Waals surface area contributed by atoms with Crippen LogP contribution in [0, 0.1) is 0 Å². The van der Waals surface area contributed by atoms with E-state index in [4.69, 9.17) is 4.98 Å². The molecule has 0 amide bonds. The molecule has 3 aromatic heterocycles. The summed E-state index contributed by atoms with van der Waals surface area (Å²) in [5.41, 5.74) is 4.13. The Balaban J connectivity index is 1.90. The maximum absolute atomic E-state index is 11.6. The SMILES string of the molecule is CCCC(c1nc2ccccc2[nH]1)c1nccc2[nH]c(=O)[nH]c12. The van der Waals surface area contributed by atoms with Crippen molar-refractivity contribution in [1.82, 2.24) is 24.9 Å². The van der Waals surface area contributed by atoms with Crippen molar-refractivity contribution >= 4 is 22.1 Å². The molecule has 3 heterocycles. The van der Waals surface area contributed by atoms with Crippen molar-refractivity contribution < 1.29 is 0 Å². The van der Waals surface area contributed by atoms with Gasteiger partial charge in [0.15, 0.2) is 0 Å². The van der Waals surface area contributed by atoms with Crippen molar-refractivity contribution in [3.8, 4) is 0 Å². The van der Waals surface area contributed by atoms with Crippen LogP contribution in [-0.2, 0) is 0 Å². The Morgan fingerprint density at radius 2 is 1.96 bits per heavy atom. The molecule has 1 atom stereocenters. The maximum atomic E-state index is 11.6. The zero-order chi connectivity index (χ0) is 15.8. The molecule has 3 N–H and O–H groups in total. The van der Waals surface area contributed by atoms with Crippen LogP contribution in [0.1, 0.15) is 37.2 Å². The summed E-state index contributed by atoms with van der Waals surface area (Å²) < 4.78 is 0. The first kappa shape index (κ1) is 13.8. The van der Waals surface area contributed by atoms with E-state index in [1.807, 2.05) is 24.3 Å². The molecule has 0 saturated carbocycles. The van der Waals surface area contributed by atoms with Crippen LogP contribution in [0.25, 0.3) is 22.1 Å². The van der Waals surface area contributed by atoms with Crippen molar-refractivity contribution in [2.45, 2.75) is 25.7 Å². The number of aromatic nitrogens is 5. The van der Waals surface area contributed by atoms with E-state index < -0.39 is 0 Å². The van der Waals surface area contributed by atoms with Gasteiger partial charge in [-0.25, -0.2) is 9.78 Å². The first-order valence-corrected chi connectivity index (χ1v) is 7.78. The Bertz CT molecular complexity index is 993. The smallest absolute Gasteiger partial charge is 0.323 e. The van der Waals surface area contributed by atoms with Crippen molar-refractivity contribution in [2.75, 3.05) is 0 Å². The van der Waals surface area contributed by atoms with Crippen LogP contribution >= 0.6 is 0 Å². The molecule has 23 heavy (non-hydrogen) atoms. The second kappa shape index (κ2) is 5.39. The van der Waals surface area contributed by atoms with E-state index >= 15 is 0 Å². The normalized spacial score (nSPS) is 12.9. The number of rotatable bonds is 4. The summed E-state index contributed by atoms with van der Waals surface area (Å²) >= 11 is 0. The van der Waals surface area contributed by atoms with E-state index in [-0.39, 0.29) is 11.6 Å². The van der Waals surface area contributed by atoms with Gasteiger partial charge in [0.1, 0.15) is 5.82 Å². The monoisotopic (exact) mass is 307 g/mol. The lowest BCUT2D eigenvalue weighted by Gasteiger charge is -2.13. The summed E-state index contributed by atoms with van der Waals surface area (Å²) in [6.07, 6.45) is 3.63. The number of nitrogens with one attached hydrogen (secondary N) is 3. The van der Waals surface area contributed by atoms with Crippen molar-refractivity contribution in [1.29, 1.82) is 0 Å². The molecule has 4 rings (SSSR count). The average molecular weight is 307 g/mol. The molecule has 0 fully saturated rings. The highest BCUT2D eigenvalue weighted by atomic mass is 16.1. The third-order valence-electron chi connectivity index (χ3n) is 4.11. The number of pyridine rings is 1. The lowest BCUT2D eigenvalue weighted by molar-refractivity contribution is 0.656. The zero-order valence-electron chi connectivity index (χ0n) is 12.8. The molecule has 6 nitrogen and oxygen atoms in total. The summed E-state index contributed by atoms with van der Waals surface area (Å²) in [5, 5.41) is 0. The Labute approximate surface area is 132 Å². The van der Waals surface area contributed by atoms with Gasteiger partial charge in [0, 0.05) is 6.20 Å². The highest BCUT2D eigenvalue weighted by Crippen LogP contribution is 2.30. The third-order valence-corrected chi connectivity index (χ3v) is 4.11. The predicted octanol–water partition coefficient (Wildman–Crippen LogP) is 3.06.